The van der Waals surface area contributed by atoms with E-state index in [2.05, 4.69) is 13.8 Å². The molecule has 0 N–H and O–H groups in total. The summed E-state index contributed by atoms with van der Waals surface area (Å²) in [7, 11) is 0. The fourth-order valence-electron chi connectivity index (χ4n) is 4.77. The lowest BCUT2D eigenvalue weighted by molar-refractivity contribution is -0.146. The van der Waals surface area contributed by atoms with Gasteiger partial charge in [-0.05, 0) is 23.8 Å². The molecule has 2 saturated heterocycles. The number of fused-ring (bicyclic) bond motifs is 1. The summed E-state index contributed by atoms with van der Waals surface area (Å²) < 4.78 is 5.47. The number of benzene rings is 1. The van der Waals surface area contributed by atoms with E-state index in [0.717, 1.165) is 5.56 Å². The summed E-state index contributed by atoms with van der Waals surface area (Å²) in [6, 6.07) is 9.01. The number of likely N-dealkylation sites (tertiary alicyclic amines) is 2. The lowest BCUT2D eigenvalue weighted by Crippen LogP contribution is -2.43. The third-order valence-electron chi connectivity index (χ3n) is 6.67. The summed E-state index contributed by atoms with van der Waals surface area (Å²) in [6.07, 6.45) is 0.219. The molecule has 4 rings (SSSR count). The predicted octanol–water partition coefficient (Wildman–Crippen LogP) is 2.67. The van der Waals surface area contributed by atoms with Crippen molar-refractivity contribution in [2.75, 3.05) is 6.54 Å². The third kappa shape index (κ3) is 2.91. The molecular formula is C21H26N2O4. The van der Waals surface area contributed by atoms with Gasteiger partial charge in [0.05, 0.1) is 18.0 Å². The van der Waals surface area contributed by atoms with Crippen LogP contribution in [0.5, 0.6) is 0 Å². The van der Waals surface area contributed by atoms with Crippen molar-refractivity contribution in [2.45, 2.75) is 45.9 Å². The van der Waals surface area contributed by atoms with Gasteiger partial charge < -0.3 is 9.64 Å². The van der Waals surface area contributed by atoms with Crippen LogP contribution in [0.2, 0.25) is 0 Å². The molecule has 1 aromatic carbocycles. The summed E-state index contributed by atoms with van der Waals surface area (Å²) >= 11 is 0. The van der Waals surface area contributed by atoms with Gasteiger partial charge in [0.1, 0.15) is 6.61 Å². The fourth-order valence-corrected chi connectivity index (χ4v) is 4.77. The Morgan fingerprint density at radius 2 is 1.78 bits per heavy atom. The van der Waals surface area contributed by atoms with Gasteiger partial charge in [-0.1, -0.05) is 51.1 Å². The number of amides is 3. The first-order chi connectivity index (χ1) is 12.9. The number of carbonyl (C=O) groups excluding carboxylic acids is 3. The molecule has 144 valence electrons. The minimum absolute atomic E-state index is 0.0565. The van der Waals surface area contributed by atoms with E-state index in [1.165, 1.54) is 4.90 Å². The number of hydrogen-bond acceptors (Lipinski definition) is 4. The molecule has 2 heterocycles. The molecule has 2 aliphatic heterocycles. The molecule has 0 bridgehead atoms. The fraction of sp³-hybridized carbons (Fsp3) is 0.571. The lowest BCUT2D eigenvalue weighted by Gasteiger charge is -2.25. The average molecular weight is 370 g/mol. The van der Waals surface area contributed by atoms with Gasteiger partial charge in [0.25, 0.3) is 0 Å². The van der Waals surface area contributed by atoms with Crippen LogP contribution < -0.4 is 0 Å². The van der Waals surface area contributed by atoms with Crippen LogP contribution in [-0.2, 0) is 20.9 Å². The average Bonchev–Trinajstić information content (AvgIpc) is 2.99. The first-order valence-electron chi connectivity index (χ1n) is 9.76. The van der Waals surface area contributed by atoms with Gasteiger partial charge in [0, 0.05) is 12.5 Å². The van der Waals surface area contributed by atoms with Gasteiger partial charge in [-0.15, -0.1) is 0 Å². The second kappa shape index (κ2) is 6.66. The number of hydrogen-bond donors (Lipinski definition) is 0. The van der Waals surface area contributed by atoms with Crippen LogP contribution in [0.15, 0.2) is 30.3 Å². The highest BCUT2D eigenvalue weighted by Crippen LogP contribution is 2.48. The molecule has 1 aliphatic carbocycles. The van der Waals surface area contributed by atoms with E-state index >= 15 is 0 Å². The zero-order valence-electron chi connectivity index (χ0n) is 16.0. The van der Waals surface area contributed by atoms with Crippen molar-refractivity contribution in [2.24, 2.45) is 23.7 Å². The molecule has 2 unspecified atom stereocenters. The van der Waals surface area contributed by atoms with Gasteiger partial charge >= 0.3 is 6.09 Å². The van der Waals surface area contributed by atoms with Crippen molar-refractivity contribution < 1.29 is 19.1 Å². The molecule has 1 aromatic rings. The Balaban J connectivity index is 1.45. The molecule has 1 saturated carbocycles. The molecule has 6 heteroatoms. The van der Waals surface area contributed by atoms with Crippen molar-refractivity contribution in [1.29, 1.82) is 0 Å². The maximum atomic E-state index is 12.9. The summed E-state index contributed by atoms with van der Waals surface area (Å²) in [5.41, 5.74) is 0.922. The van der Waals surface area contributed by atoms with E-state index in [9.17, 15) is 14.4 Å². The third-order valence-corrected chi connectivity index (χ3v) is 6.67. The largest absolute Gasteiger partial charge is 0.445 e. The van der Waals surface area contributed by atoms with Crippen molar-refractivity contribution in [3.63, 3.8) is 0 Å². The standard InChI is InChI=1S/C21H26N2O4/c1-12-13(2)17(12)20(25)23-16-9-10-22(18(16)14(3)19(23)24)21(26)27-11-15-7-5-4-6-8-15/h4-8,12-14,16-18H,9-11H2,1-3H3/t12-,13+,14-,16-,17?,18?/m0/s1. The van der Waals surface area contributed by atoms with Gasteiger partial charge in [-0.2, -0.15) is 0 Å². The van der Waals surface area contributed by atoms with Crippen LogP contribution in [0.25, 0.3) is 0 Å². The normalized spacial score (nSPS) is 34.6. The van der Waals surface area contributed by atoms with Crippen molar-refractivity contribution in [1.82, 2.24) is 9.80 Å². The van der Waals surface area contributed by atoms with E-state index in [1.807, 2.05) is 37.3 Å². The number of carbonyl (C=O) groups is 3. The maximum absolute atomic E-state index is 12.9. The second-order valence-electron chi connectivity index (χ2n) is 8.16. The Morgan fingerprint density at radius 1 is 1.11 bits per heavy atom. The van der Waals surface area contributed by atoms with Gasteiger partial charge in [-0.3, -0.25) is 14.5 Å². The SMILES string of the molecule is C[C@@H]1C(=O)N(C(=O)C2[C@@H](C)[C@H]2C)[C@H]2CCN(C(=O)OCc3ccccc3)C12. The van der Waals surface area contributed by atoms with E-state index in [-0.39, 0.29) is 42.3 Å². The topological polar surface area (TPSA) is 66.9 Å². The minimum Gasteiger partial charge on any atom is -0.445 e. The smallest absolute Gasteiger partial charge is 0.410 e. The molecule has 6 nitrogen and oxygen atoms in total. The summed E-state index contributed by atoms with van der Waals surface area (Å²) in [5.74, 6) is 0.00998. The Hall–Kier alpha value is -2.37. The maximum Gasteiger partial charge on any atom is 0.410 e. The second-order valence-corrected chi connectivity index (χ2v) is 8.16. The highest BCUT2D eigenvalue weighted by Gasteiger charge is 2.59. The van der Waals surface area contributed by atoms with Crippen LogP contribution in [-0.4, -0.2) is 46.3 Å². The molecule has 0 aromatic heterocycles. The predicted molar refractivity (Wildman–Crippen MR) is 98.4 cm³/mol. The summed E-state index contributed by atoms with van der Waals surface area (Å²) in [5, 5.41) is 0. The van der Waals surface area contributed by atoms with Gasteiger partial charge in [0.2, 0.25) is 11.8 Å². The number of ether oxygens (including phenoxy) is 1. The first-order valence-corrected chi connectivity index (χ1v) is 9.76. The van der Waals surface area contributed by atoms with E-state index < -0.39 is 6.09 Å². The van der Waals surface area contributed by atoms with Crippen molar-refractivity contribution in [3.05, 3.63) is 35.9 Å². The molecule has 0 spiro atoms. The minimum atomic E-state index is -0.409. The molecule has 0 radical (unpaired) electrons. The number of rotatable bonds is 3. The summed E-state index contributed by atoms with van der Waals surface area (Å²) in [6.45, 7) is 6.64. The van der Waals surface area contributed by atoms with Crippen LogP contribution >= 0.6 is 0 Å². The zero-order chi connectivity index (χ0) is 19.3. The van der Waals surface area contributed by atoms with Crippen LogP contribution in [0.3, 0.4) is 0 Å². The molecular weight excluding hydrogens is 344 g/mol. The Labute approximate surface area is 159 Å². The molecule has 6 atom stereocenters. The molecule has 3 aliphatic rings. The van der Waals surface area contributed by atoms with Crippen LogP contribution in [0.1, 0.15) is 32.8 Å². The molecule has 3 amide bonds. The summed E-state index contributed by atoms with van der Waals surface area (Å²) in [4.78, 5) is 41.4. The lowest BCUT2D eigenvalue weighted by atomic mass is 10.0. The van der Waals surface area contributed by atoms with E-state index in [4.69, 9.17) is 4.74 Å². The van der Waals surface area contributed by atoms with E-state index in [0.29, 0.717) is 24.8 Å². The van der Waals surface area contributed by atoms with Crippen LogP contribution in [0, 0.1) is 23.7 Å². The Morgan fingerprint density at radius 3 is 2.41 bits per heavy atom. The van der Waals surface area contributed by atoms with E-state index in [1.54, 1.807) is 4.90 Å². The van der Waals surface area contributed by atoms with Gasteiger partial charge in [-0.25, -0.2) is 4.79 Å². The Kier molecular flexibility index (Phi) is 4.44. The first kappa shape index (κ1) is 18.0. The Bertz CT molecular complexity index is 757. The number of imide groups is 1. The van der Waals surface area contributed by atoms with Crippen molar-refractivity contribution >= 4 is 17.9 Å². The highest BCUT2D eigenvalue weighted by molar-refractivity contribution is 6.01. The zero-order valence-corrected chi connectivity index (χ0v) is 16.0. The van der Waals surface area contributed by atoms with Gasteiger partial charge in [0.15, 0.2) is 0 Å². The monoisotopic (exact) mass is 370 g/mol. The van der Waals surface area contributed by atoms with Crippen LogP contribution in [0.4, 0.5) is 4.79 Å². The van der Waals surface area contributed by atoms with Crippen molar-refractivity contribution in [3.8, 4) is 0 Å². The molecule has 27 heavy (non-hydrogen) atoms. The molecule has 3 fully saturated rings. The highest BCUT2D eigenvalue weighted by atomic mass is 16.6. The number of nitrogens with zero attached hydrogens (tertiary/aromatic N) is 2. The quantitative estimate of drug-likeness (QED) is 0.767.